The fourth-order valence-electron chi connectivity index (χ4n) is 5.70. The van der Waals surface area contributed by atoms with Gasteiger partial charge in [0.2, 0.25) is 5.91 Å². The minimum absolute atomic E-state index is 0.112. The average Bonchev–Trinajstić information content (AvgIpc) is 3.04. The minimum atomic E-state index is -0.331. The molecular weight excluding hydrogens is 324 g/mol. The summed E-state index contributed by atoms with van der Waals surface area (Å²) in [6, 6.07) is 0. The molecule has 2 aliphatic heterocycles. The van der Waals surface area contributed by atoms with Crippen molar-refractivity contribution >= 4 is 11.7 Å². The van der Waals surface area contributed by atoms with Crippen molar-refractivity contribution in [1.29, 1.82) is 0 Å². The molecule has 0 aromatic rings. The summed E-state index contributed by atoms with van der Waals surface area (Å²) in [7, 11) is 0. The van der Waals surface area contributed by atoms with Crippen LogP contribution in [0.4, 0.5) is 0 Å². The molecule has 2 atom stereocenters. The van der Waals surface area contributed by atoms with E-state index in [4.69, 9.17) is 0 Å². The summed E-state index contributed by atoms with van der Waals surface area (Å²) in [6.07, 6.45) is 4.68. The third-order valence-electron chi connectivity index (χ3n) is 7.20. The molecule has 0 spiro atoms. The maximum atomic E-state index is 13.4. The molecule has 4 heteroatoms. The van der Waals surface area contributed by atoms with Crippen molar-refractivity contribution in [3.63, 3.8) is 0 Å². The number of ketones is 1. The number of amides is 1. The smallest absolute Gasteiger partial charge is 0.226 e. The summed E-state index contributed by atoms with van der Waals surface area (Å²) in [4.78, 5) is 31.1. The van der Waals surface area contributed by atoms with Crippen LogP contribution in [0.3, 0.4) is 0 Å². The zero-order valence-corrected chi connectivity index (χ0v) is 17.9. The van der Waals surface area contributed by atoms with Crippen molar-refractivity contribution in [2.45, 2.75) is 91.6 Å². The van der Waals surface area contributed by atoms with E-state index in [0.717, 1.165) is 45.2 Å². The van der Waals surface area contributed by atoms with E-state index in [1.807, 2.05) is 20.8 Å². The molecule has 148 valence electrons. The lowest BCUT2D eigenvalue weighted by Gasteiger charge is -2.44. The first kappa shape index (κ1) is 19.9. The first-order chi connectivity index (χ1) is 11.8. The summed E-state index contributed by atoms with van der Waals surface area (Å²) in [5, 5.41) is 0. The fourth-order valence-corrected chi connectivity index (χ4v) is 5.70. The average molecular weight is 363 g/mol. The van der Waals surface area contributed by atoms with Crippen LogP contribution >= 0.6 is 0 Å². The third-order valence-corrected chi connectivity index (χ3v) is 7.20. The molecule has 3 fully saturated rings. The van der Waals surface area contributed by atoms with Crippen LogP contribution in [0.25, 0.3) is 0 Å². The van der Waals surface area contributed by atoms with Crippen LogP contribution in [0, 0.1) is 16.7 Å². The van der Waals surface area contributed by atoms with Gasteiger partial charge in [0.1, 0.15) is 5.78 Å². The van der Waals surface area contributed by atoms with Crippen molar-refractivity contribution in [3.8, 4) is 0 Å². The Balaban J connectivity index is 1.71. The number of piperidine rings is 2. The largest absolute Gasteiger partial charge is 0.336 e. The number of nitrogens with zero attached hydrogens (tertiary/aromatic N) is 2. The van der Waals surface area contributed by atoms with Gasteiger partial charge < -0.3 is 4.90 Å². The van der Waals surface area contributed by atoms with Crippen LogP contribution < -0.4 is 0 Å². The molecule has 2 saturated heterocycles. The van der Waals surface area contributed by atoms with E-state index in [9.17, 15) is 9.59 Å². The van der Waals surface area contributed by atoms with Crippen LogP contribution in [0.1, 0.15) is 80.6 Å². The molecule has 4 nitrogen and oxygen atoms in total. The number of hydrogen-bond donors (Lipinski definition) is 0. The predicted octanol–water partition coefficient (Wildman–Crippen LogP) is 3.88. The molecule has 2 unspecified atom stereocenters. The lowest BCUT2D eigenvalue weighted by Crippen LogP contribution is -2.53. The van der Waals surface area contributed by atoms with Gasteiger partial charge in [-0.15, -0.1) is 0 Å². The van der Waals surface area contributed by atoms with Crippen molar-refractivity contribution < 1.29 is 9.59 Å². The second-order valence-electron chi connectivity index (χ2n) is 11.4. The summed E-state index contributed by atoms with van der Waals surface area (Å²) in [5.74, 6) is 0.794. The van der Waals surface area contributed by atoms with Crippen molar-refractivity contribution in [2.24, 2.45) is 16.7 Å². The van der Waals surface area contributed by atoms with Crippen LogP contribution in [0.2, 0.25) is 0 Å². The van der Waals surface area contributed by atoms with Crippen LogP contribution in [-0.4, -0.2) is 52.2 Å². The van der Waals surface area contributed by atoms with E-state index < -0.39 is 0 Å². The van der Waals surface area contributed by atoms with Gasteiger partial charge in [-0.1, -0.05) is 20.8 Å². The Morgan fingerprint density at radius 3 is 2.04 bits per heavy atom. The highest BCUT2D eigenvalue weighted by Crippen LogP contribution is 2.57. The fraction of sp³-hybridized carbons (Fsp3) is 0.909. The molecule has 0 radical (unpaired) electrons. The molecular formula is C22H38N2O2. The van der Waals surface area contributed by atoms with Gasteiger partial charge in [-0.25, -0.2) is 0 Å². The summed E-state index contributed by atoms with van der Waals surface area (Å²) in [6.45, 7) is 17.7. The Labute approximate surface area is 159 Å². The number of rotatable bonds is 2. The maximum Gasteiger partial charge on any atom is 0.226 e. The highest BCUT2D eigenvalue weighted by atomic mass is 16.2. The molecule has 0 N–H and O–H groups in total. The molecule has 0 aromatic heterocycles. The van der Waals surface area contributed by atoms with Crippen molar-refractivity contribution in [2.75, 3.05) is 19.6 Å². The van der Waals surface area contributed by atoms with Crippen molar-refractivity contribution in [3.05, 3.63) is 0 Å². The Hall–Kier alpha value is -0.900. The minimum Gasteiger partial charge on any atom is -0.336 e. The molecule has 26 heavy (non-hydrogen) atoms. The van der Waals surface area contributed by atoms with E-state index in [1.165, 1.54) is 0 Å². The molecule has 3 aliphatic rings. The number of Topliss-reactive ketones (excluding diaryl/α,β-unsaturated/α-hetero) is 1. The lowest BCUT2D eigenvalue weighted by molar-refractivity contribution is -0.145. The lowest BCUT2D eigenvalue weighted by atomic mass is 9.71. The Morgan fingerprint density at radius 1 is 0.962 bits per heavy atom. The van der Waals surface area contributed by atoms with Gasteiger partial charge in [-0.05, 0) is 72.9 Å². The van der Waals surface area contributed by atoms with Gasteiger partial charge >= 0.3 is 0 Å². The Kier molecular flexibility index (Phi) is 4.62. The quantitative estimate of drug-likeness (QED) is 0.748. The highest BCUT2D eigenvalue weighted by Gasteiger charge is 2.62. The number of likely N-dealkylation sites (tertiary alicyclic amines) is 2. The van der Waals surface area contributed by atoms with Crippen LogP contribution in [-0.2, 0) is 9.59 Å². The van der Waals surface area contributed by atoms with Gasteiger partial charge in [0.05, 0.1) is 0 Å². The van der Waals surface area contributed by atoms with E-state index in [1.54, 1.807) is 0 Å². The molecule has 2 heterocycles. The van der Waals surface area contributed by atoms with E-state index in [2.05, 4.69) is 37.5 Å². The van der Waals surface area contributed by atoms with Crippen LogP contribution in [0.15, 0.2) is 0 Å². The molecule has 1 saturated carbocycles. The molecule has 1 aliphatic carbocycles. The van der Waals surface area contributed by atoms with Crippen LogP contribution in [0.5, 0.6) is 0 Å². The monoisotopic (exact) mass is 362 g/mol. The molecule has 3 rings (SSSR count). The number of fused-ring (bicyclic) bond motifs is 2. The van der Waals surface area contributed by atoms with Crippen molar-refractivity contribution in [1.82, 2.24) is 9.80 Å². The first-order valence-electron chi connectivity index (χ1n) is 10.4. The Morgan fingerprint density at radius 2 is 1.54 bits per heavy atom. The zero-order chi connectivity index (χ0) is 19.5. The van der Waals surface area contributed by atoms with E-state index in [-0.39, 0.29) is 27.8 Å². The number of carbonyl (C=O) groups excluding carboxylic acids is 2. The number of carbonyl (C=O) groups is 2. The first-order valence-corrected chi connectivity index (χ1v) is 10.4. The molecule has 2 bridgehead atoms. The molecule has 0 aromatic carbocycles. The standard InChI is InChI=1S/C22H38N2O2/c1-19(2,3)18(26)22-11-10-21(7,14-22)24(15-22)17(25)16-8-12-23(13-9-16)20(4,5)6/h16H,8-15H2,1-7H3. The second kappa shape index (κ2) is 6.05. The van der Waals surface area contributed by atoms with Gasteiger partial charge in [0.15, 0.2) is 0 Å². The Bertz CT molecular complexity index is 592. The summed E-state index contributed by atoms with van der Waals surface area (Å²) >= 11 is 0. The maximum absolute atomic E-state index is 13.4. The topological polar surface area (TPSA) is 40.6 Å². The van der Waals surface area contributed by atoms with Gasteiger partial charge in [-0.2, -0.15) is 0 Å². The zero-order valence-electron chi connectivity index (χ0n) is 17.9. The summed E-state index contributed by atoms with van der Waals surface area (Å²) in [5.41, 5.74) is -0.563. The molecule has 1 amide bonds. The van der Waals surface area contributed by atoms with Gasteiger partial charge in [0.25, 0.3) is 0 Å². The van der Waals surface area contributed by atoms with Gasteiger partial charge in [0, 0.05) is 34.4 Å². The van der Waals surface area contributed by atoms with E-state index in [0.29, 0.717) is 18.2 Å². The van der Waals surface area contributed by atoms with Gasteiger partial charge in [-0.3, -0.25) is 14.5 Å². The SMILES string of the molecule is CC(C)(C)C(=O)C12CCC(C)(C1)N(C(=O)C1CCN(C(C)(C)C)CC1)C2. The second-order valence-corrected chi connectivity index (χ2v) is 11.4. The van der Waals surface area contributed by atoms with E-state index >= 15 is 0 Å². The third kappa shape index (κ3) is 3.23. The highest BCUT2D eigenvalue weighted by molar-refractivity contribution is 5.92. The predicted molar refractivity (Wildman–Crippen MR) is 105 cm³/mol. The normalized spacial score (nSPS) is 33.7. The summed E-state index contributed by atoms with van der Waals surface area (Å²) < 4.78 is 0. The number of hydrogen-bond acceptors (Lipinski definition) is 3.